The van der Waals surface area contributed by atoms with Crippen LogP contribution in [0.4, 0.5) is 5.69 Å². The Labute approximate surface area is 171 Å². The Kier molecular flexibility index (Phi) is 5.47. The Morgan fingerprint density at radius 2 is 1.66 bits per heavy atom. The van der Waals surface area contributed by atoms with Gasteiger partial charge in [0.1, 0.15) is 5.75 Å². The molecule has 0 spiro atoms. The van der Waals surface area contributed by atoms with Crippen LogP contribution in [-0.2, 0) is 20.6 Å². The number of anilines is 1. The number of ether oxygens (including phenoxy) is 1. The molecule has 0 radical (unpaired) electrons. The van der Waals surface area contributed by atoms with Crippen molar-refractivity contribution in [3.63, 3.8) is 0 Å². The normalized spacial score (nSPS) is 20.1. The second kappa shape index (κ2) is 8.04. The number of likely N-dealkylation sites (N-methyl/N-ethyl adjacent to an activating group) is 1. The topological polar surface area (TPSA) is 70.2 Å². The Balaban J connectivity index is 1.60. The van der Waals surface area contributed by atoms with Crippen LogP contribution in [0.15, 0.2) is 54.6 Å². The lowest BCUT2D eigenvalue weighted by Gasteiger charge is -2.39. The number of amides is 1. The quantitative estimate of drug-likeness (QED) is 0.758. The van der Waals surface area contributed by atoms with Gasteiger partial charge in [0.05, 0.1) is 18.0 Å². The number of carbonyl (C=O) groups is 1. The molecule has 29 heavy (non-hydrogen) atoms. The maximum absolute atomic E-state index is 13.2. The van der Waals surface area contributed by atoms with Crippen LogP contribution in [0.1, 0.15) is 5.56 Å². The fourth-order valence-electron chi connectivity index (χ4n) is 3.69. The van der Waals surface area contributed by atoms with E-state index in [1.165, 1.54) is 4.31 Å². The van der Waals surface area contributed by atoms with Crippen molar-refractivity contribution >= 4 is 21.6 Å². The number of carbonyl (C=O) groups excluding carboxylic acids is 1. The van der Waals surface area contributed by atoms with Crippen LogP contribution in [0.3, 0.4) is 0 Å². The van der Waals surface area contributed by atoms with Gasteiger partial charge in [-0.15, -0.1) is 0 Å². The zero-order valence-corrected chi connectivity index (χ0v) is 17.2. The Bertz CT molecular complexity index is 972. The fourth-order valence-corrected chi connectivity index (χ4v) is 5.27. The summed E-state index contributed by atoms with van der Waals surface area (Å²) in [4.78, 5) is 17.0. The molecule has 154 valence electrons. The second-order valence-corrected chi connectivity index (χ2v) is 9.37. The highest BCUT2D eigenvalue weighted by Crippen LogP contribution is 2.36. The highest BCUT2D eigenvalue weighted by atomic mass is 32.2. The zero-order valence-electron chi connectivity index (χ0n) is 16.4. The summed E-state index contributed by atoms with van der Waals surface area (Å²) in [5.74, 6) is 0.132. The lowest BCUT2D eigenvalue weighted by molar-refractivity contribution is -0.140. The summed E-state index contributed by atoms with van der Waals surface area (Å²) < 4.78 is 33.8. The summed E-state index contributed by atoms with van der Waals surface area (Å²) in [5, 5.41) is 0. The van der Waals surface area contributed by atoms with E-state index in [4.69, 9.17) is 4.74 Å². The molecular formula is C21H25N3O4S. The van der Waals surface area contributed by atoms with Gasteiger partial charge in [-0.2, -0.15) is 0 Å². The molecule has 0 saturated carbocycles. The SMILES string of the molecule is CN1CCN(C(=O)C2CN(S(=O)(=O)Cc3ccccc3)c3ccccc3O2)CC1. The van der Waals surface area contributed by atoms with E-state index in [2.05, 4.69) is 4.90 Å². The maximum Gasteiger partial charge on any atom is 0.265 e. The number of nitrogens with zero attached hydrogens (tertiary/aromatic N) is 3. The summed E-state index contributed by atoms with van der Waals surface area (Å²) in [6, 6.07) is 16.0. The molecule has 1 amide bonds. The molecule has 2 heterocycles. The fraction of sp³-hybridized carbons (Fsp3) is 0.381. The summed E-state index contributed by atoms with van der Waals surface area (Å²) >= 11 is 0. The predicted molar refractivity (Wildman–Crippen MR) is 111 cm³/mol. The largest absolute Gasteiger partial charge is 0.476 e. The van der Waals surface area contributed by atoms with Crippen LogP contribution >= 0.6 is 0 Å². The van der Waals surface area contributed by atoms with Crippen LogP contribution in [-0.4, -0.2) is 70.0 Å². The Morgan fingerprint density at radius 1 is 1.00 bits per heavy atom. The van der Waals surface area contributed by atoms with Crippen LogP contribution in [0.5, 0.6) is 5.75 Å². The van der Waals surface area contributed by atoms with Gasteiger partial charge in [-0.3, -0.25) is 9.10 Å². The van der Waals surface area contributed by atoms with Gasteiger partial charge in [0.2, 0.25) is 10.0 Å². The minimum atomic E-state index is -3.68. The second-order valence-electron chi connectivity index (χ2n) is 7.48. The van der Waals surface area contributed by atoms with Crippen molar-refractivity contribution in [2.24, 2.45) is 0 Å². The van der Waals surface area contributed by atoms with Crippen LogP contribution in [0.25, 0.3) is 0 Å². The number of hydrogen-bond acceptors (Lipinski definition) is 5. The number of rotatable bonds is 4. The Hall–Kier alpha value is -2.58. The van der Waals surface area contributed by atoms with Crippen molar-refractivity contribution in [2.45, 2.75) is 11.9 Å². The lowest BCUT2D eigenvalue weighted by Crippen LogP contribution is -2.55. The van der Waals surface area contributed by atoms with Gasteiger partial charge in [0.15, 0.2) is 6.10 Å². The van der Waals surface area contributed by atoms with Crippen molar-refractivity contribution in [3.05, 3.63) is 60.2 Å². The van der Waals surface area contributed by atoms with E-state index in [9.17, 15) is 13.2 Å². The molecule has 0 N–H and O–H groups in total. The van der Waals surface area contributed by atoms with E-state index >= 15 is 0 Å². The van der Waals surface area contributed by atoms with Gasteiger partial charge in [-0.25, -0.2) is 8.42 Å². The molecule has 1 saturated heterocycles. The number of sulfonamides is 1. The maximum atomic E-state index is 13.2. The molecule has 0 bridgehead atoms. The molecule has 2 aliphatic rings. The van der Waals surface area contributed by atoms with Gasteiger partial charge in [0, 0.05) is 26.2 Å². The number of benzene rings is 2. The highest BCUT2D eigenvalue weighted by Gasteiger charge is 2.38. The van der Waals surface area contributed by atoms with E-state index < -0.39 is 16.1 Å². The Morgan fingerprint density at radius 3 is 2.38 bits per heavy atom. The standard InChI is InChI=1S/C21H25N3O4S/c1-22-11-13-23(14-12-22)21(25)20-15-24(18-9-5-6-10-19(18)28-20)29(26,27)16-17-7-3-2-4-8-17/h2-10,20H,11-16H2,1H3. The van der Waals surface area contributed by atoms with E-state index in [0.717, 1.165) is 13.1 Å². The first-order valence-electron chi connectivity index (χ1n) is 9.71. The summed E-state index contributed by atoms with van der Waals surface area (Å²) in [7, 11) is -1.66. The van der Waals surface area contributed by atoms with Gasteiger partial charge >= 0.3 is 0 Å². The first-order chi connectivity index (χ1) is 13.9. The van der Waals surface area contributed by atoms with Gasteiger partial charge < -0.3 is 14.5 Å². The average Bonchev–Trinajstić information content (AvgIpc) is 2.73. The molecule has 2 aromatic carbocycles. The van der Waals surface area contributed by atoms with E-state index in [0.29, 0.717) is 30.1 Å². The van der Waals surface area contributed by atoms with Gasteiger partial charge in [-0.1, -0.05) is 42.5 Å². The molecule has 0 aliphatic carbocycles. The van der Waals surface area contributed by atoms with Crippen molar-refractivity contribution in [1.29, 1.82) is 0 Å². The molecule has 1 fully saturated rings. The lowest BCUT2D eigenvalue weighted by atomic mass is 10.2. The van der Waals surface area contributed by atoms with Crippen LogP contribution in [0, 0.1) is 0 Å². The summed E-state index contributed by atoms with van der Waals surface area (Å²) in [5.41, 5.74) is 1.18. The predicted octanol–water partition coefficient (Wildman–Crippen LogP) is 1.56. The van der Waals surface area contributed by atoms with E-state index in [-0.39, 0.29) is 18.2 Å². The van der Waals surface area contributed by atoms with Gasteiger partial charge in [-0.05, 0) is 24.7 Å². The molecule has 1 unspecified atom stereocenters. The van der Waals surface area contributed by atoms with Gasteiger partial charge in [0.25, 0.3) is 5.91 Å². The van der Waals surface area contributed by atoms with E-state index in [1.54, 1.807) is 41.3 Å². The minimum Gasteiger partial charge on any atom is -0.476 e. The summed E-state index contributed by atoms with van der Waals surface area (Å²) in [6.07, 6.45) is -0.848. The number of hydrogen-bond donors (Lipinski definition) is 0. The highest BCUT2D eigenvalue weighted by molar-refractivity contribution is 7.92. The third kappa shape index (κ3) is 4.23. The van der Waals surface area contributed by atoms with Crippen LogP contribution < -0.4 is 9.04 Å². The third-order valence-corrected chi connectivity index (χ3v) is 7.07. The monoisotopic (exact) mass is 415 g/mol. The van der Waals surface area contributed by atoms with Crippen molar-refractivity contribution < 1.29 is 17.9 Å². The molecule has 2 aliphatic heterocycles. The molecule has 2 aromatic rings. The molecule has 4 rings (SSSR count). The summed E-state index contributed by atoms with van der Waals surface area (Å²) in [6.45, 7) is 2.81. The van der Waals surface area contributed by atoms with Crippen molar-refractivity contribution in [2.75, 3.05) is 44.1 Å². The third-order valence-electron chi connectivity index (χ3n) is 5.35. The zero-order chi connectivity index (χ0) is 20.4. The molecule has 1 atom stereocenters. The minimum absolute atomic E-state index is 0.0165. The van der Waals surface area contributed by atoms with E-state index in [1.807, 2.05) is 25.2 Å². The first-order valence-corrected chi connectivity index (χ1v) is 11.3. The van der Waals surface area contributed by atoms with Crippen molar-refractivity contribution in [3.8, 4) is 5.75 Å². The molecule has 0 aromatic heterocycles. The molecule has 8 heteroatoms. The first kappa shape index (κ1) is 19.7. The number of fused-ring (bicyclic) bond motifs is 1. The van der Waals surface area contributed by atoms with Crippen molar-refractivity contribution in [1.82, 2.24) is 9.80 Å². The molecular weight excluding hydrogens is 390 g/mol. The smallest absolute Gasteiger partial charge is 0.265 e. The molecule has 7 nitrogen and oxygen atoms in total. The van der Waals surface area contributed by atoms with Crippen LogP contribution in [0.2, 0.25) is 0 Å². The number of piperazine rings is 1. The average molecular weight is 416 g/mol. The number of para-hydroxylation sites is 2.